The largest absolute Gasteiger partial charge is 0.447 e. The number of oxazole rings is 1. The fourth-order valence-electron chi connectivity index (χ4n) is 5.12. The Bertz CT molecular complexity index is 372. The molecule has 3 nitrogen and oxygen atoms in total. The van der Waals surface area contributed by atoms with Crippen molar-refractivity contribution in [2.24, 2.45) is 35.3 Å². The van der Waals surface area contributed by atoms with Crippen molar-refractivity contribution in [1.29, 1.82) is 0 Å². The van der Waals surface area contributed by atoms with Gasteiger partial charge in [0.15, 0.2) is 0 Å². The molecule has 1 unspecified atom stereocenters. The second-order valence-corrected chi connectivity index (χ2v) is 6.40. The second kappa shape index (κ2) is 3.58. The smallest absolute Gasteiger partial charge is 0.211 e. The van der Waals surface area contributed by atoms with Crippen LogP contribution in [0.15, 0.2) is 16.9 Å². The van der Waals surface area contributed by atoms with Gasteiger partial charge in [0.1, 0.15) is 6.26 Å². The molecule has 0 radical (unpaired) electrons. The summed E-state index contributed by atoms with van der Waals surface area (Å²) >= 11 is 0. The van der Waals surface area contributed by atoms with Crippen LogP contribution in [-0.4, -0.2) is 4.98 Å². The quantitative estimate of drug-likeness (QED) is 0.853. The Kier molecular flexibility index (Phi) is 2.13. The van der Waals surface area contributed by atoms with Crippen LogP contribution in [0.1, 0.15) is 44.0 Å². The zero-order valence-corrected chi connectivity index (χ0v) is 10.1. The van der Waals surface area contributed by atoms with Gasteiger partial charge in [-0.05, 0) is 61.7 Å². The summed E-state index contributed by atoms with van der Waals surface area (Å²) in [5, 5.41) is 0. The average Bonchev–Trinajstić information content (AvgIpc) is 2.80. The molecule has 1 atom stereocenters. The lowest BCUT2D eigenvalue weighted by molar-refractivity contribution is -0.0502. The third-order valence-electron chi connectivity index (χ3n) is 5.45. The Labute approximate surface area is 102 Å². The second-order valence-electron chi connectivity index (χ2n) is 6.40. The van der Waals surface area contributed by atoms with Crippen LogP contribution in [0.5, 0.6) is 0 Å². The minimum atomic E-state index is 0.0278. The first-order valence-electron chi connectivity index (χ1n) is 6.96. The zero-order valence-electron chi connectivity index (χ0n) is 10.1. The summed E-state index contributed by atoms with van der Waals surface area (Å²) in [7, 11) is 0. The molecule has 4 aliphatic carbocycles. The van der Waals surface area contributed by atoms with Gasteiger partial charge in [-0.25, -0.2) is 4.98 Å². The van der Waals surface area contributed by atoms with E-state index in [1.165, 1.54) is 32.1 Å². The van der Waals surface area contributed by atoms with Gasteiger partial charge in [-0.1, -0.05) is 0 Å². The van der Waals surface area contributed by atoms with Crippen molar-refractivity contribution in [3.63, 3.8) is 0 Å². The zero-order chi connectivity index (χ0) is 11.4. The first kappa shape index (κ1) is 10.1. The van der Waals surface area contributed by atoms with E-state index in [0.29, 0.717) is 5.92 Å². The molecule has 4 bridgehead atoms. The van der Waals surface area contributed by atoms with E-state index in [-0.39, 0.29) is 6.04 Å². The Morgan fingerprint density at radius 1 is 1.12 bits per heavy atom. The monoisotopic (exact) mass is 232 g/mol. The molecule has 0 aromatic carbocycles. The van der Waals surface area contributed by atoms with E-state index < -0.39 is 0 Å². The molecule has 1 aromatic rings. The van der Waals surface area contributed by atoms with Gasteiger partial charge in [-0.3, -0.25) is 0 Å². The molecule has 4 fully saturated rings. The molecule has 4 aliphatic rings. The molecule has 0 amide bonds. The van der Waals surface area contributed by atoms with Gasteiger partial charge in [0.05, 0.1) is 12.2 Å². The van der Waals surface area contributed by atoms with Crippen LogP contribution in [-0.2, 0) is 0 Å². The van der Waals surface area contributed by atoms with Gasteiger partial charge >= 0.3 is 0 Å². The van der Waals surface area contributed by atoms with Crippen molar-refractivity contribution in [2.75, 3.05) is 0 Å². The van der Waals surface area contributed by atoms with Gasteiger partial charge in [-0.2, -0.15) is 0 Å². The summed E-state index contributed by atoms with van der Waals surface area (Å²) in [5.41, 5.74) is 6.41. The van der Waals surface area contributed by atoms with E-state index in [0.717, 1.165) is 29.6 Å². The minimum absolute atomic E-state index is 0.0278. The predicted molar refractivity (Wildman–Crippen MR) is 64.0 cm³/mol. The highest BCUT2D eigenvalue weighted by molar-refractivity contribution is 5.04. The Balaban J connectivity index is 1.62. The fourth-order valence-corrected chi connectivity index (χ4v) is 5.12. The minimum Gasteiger partial charge on any atom is -0.447 e. The van der Waals surface area contributed by atoms with Crippen molar-refractivity contribution >= 4 is 0 Å². The summed E-state index contributed by atoms with van der Waals surface area (Å²) in [5.74, 6) is 5.07. The number of rotatable bonds is 2. The molecule has 4 saturated carbocycles. The highest BCUT2D eigenvalue weighted by atomic mass is 16.3. The van der Waals surface area contributed by atoms with Crippen molar-refractivity contribution in [2.45, 2.75) is 38.1 Å². The molecule has 3 heteroatoms. The summed E-state index contributed by atoms with van der Waals surface area (Å²) in [6.45, 7) is 0. The number of nitrogens with zero attached hydrogens (tertiary/aromatic N) is 1. The van der Waals surface area contributed by atoms with E-state index in [4.69, 9.17) is 10.2 Å². The Morgan fingerprint density at radius 3 is 2.29 bits per heavy atom. The van der Waals surface area contributed by atoms with Crippen LogP contribution in [0.2, 0.25) is 0 Å². The standard InChI is InChI=1S/C14H20N2O/c15-13(14-16-1-2-17-14)12-10-4-8-3-9(6-10)7-11(12)5-8/h1-2,8-13H,3-7,15H2. The van der Waals surface area contributed by atoms with E-state index in [1.807, 2.05) is 0 Å². The summed E-state index contributed by atoms with van der Waals surface area (Å²) in [6, 6.07) is 0.0278. The lowest BCUT2D eigenvalue weighted by atomic mass is 9.50. The first-order valence-corrected chi connectivity index (χ1v) is 6.96. The van der Waals surface area contributed by atoms with Crippen molar-refractivity contribution < 1.29 is 4.42 Å². The first-order chi connectivity index (χ1) is 8.31. The topological polar surface area (TPSA) is 52.0 Å². The molecule has 17 heavy (non-hydrogen) atoms. The summed E-state index contributed by atoms with van der Waals surface area (Å²) in [4.78, 5) is 4.26. The number of hydrogen-bond acceptors (Lipinski definition) is 3. The van der Waals surface area contributed by atoms with E-state index in [9.17, 15) is 0 Å². The molecule has 1 aromatic heterocycles. The van der Waals surface area contributed by atoms with Crippen LogP contribution >= 0.6 is 0 Å². The molecule has 1 heterocycles. The normalized spacial score (nSPS) is 45.1. The number of hydrogen-bond donors (Lipinski definition) is 1. The molecule has 92 valence electrons. The number of aromatic nitrogens is 1. The molecular formula is C14H20N2O. The van der Waals surface area contributed by atoms with Gasteiger partial charge in [0.25, 0.3) is 0 Å². The molecule has 2 N–H and O–H groups in total. The predicted octanol–water partition coefficient (Wildman–Crippen LogP) is 2.75. The molecule has 0 saturated heterocycles. The number of nitrogens with two attached hydrogens (primary N) is 1. The van der Waals surface area contributed by atoms with Crippen LogP contribution in [0, 0.1) is 29.6 Å². The van der Waals surface area contributed by atoms with Crippen molar-refractivity contribution in [1.82, 2.24) is 4.98 Å². The third kappa shape index (κ3) is 1.48. The highest BCUT2D eigenvalue weighted by Crippen LogP contribution is 2.58. The Hall–Kier alpha value is -0.830. The molecule has 0 aliphatic heterocycles. The van der Waals surface area contributed by atoms with Gasteiger partial charge < -0.3 is 10.2 Å². The van der Waals surface area contributed by atoms with Crippen LogP contribution in [0.3, 0.4) is 0 Å². The third-order valence-corrected chi connectivity index (χ3v) is 5.45. The van der Waals surface area contributed by atoms with Crippen LogP contribution in [0.4, 0.5) is 0 Å². The van der Waals surface area contributed by atoms with Gasteiger partial charge in [0.2, 0.25) is 5.89 Å². The lowest BCUT2D eigenvalue weighted by Gasteiger charge is -2.55. The molecular weight excluding hydrogens is 212 g/mol. The highest BCUT2D eigenvalue weighted by Gasteiger charge is 2.50. The van der Waals surface area contributed by atoms with E-state index in [1.54, 1.807) is 12.5 Å². The van der Waals surface area contributed by atoms with Crippen LogP contribution in [0.25, 0.3) is 0 Å². The van der Waals surface area contributed by atoms with Gasteiger partial charge in [-0.15, -0.1) is 0 Å². The Morgan fingerprint density at radius 2 is 1.76 bits per heavy atom. The van der Waals surface area contributed by atoms with Gasteiger partial charge in [0, 0.05) is 0 Å². The summed E-state index contributed by atoms with van der Waals surface area (Å²) in [6.07, 6.45) is 10.5. The maximum atomic E-state index is 6.41. The molecule has 5 rings (SSSR count). The summed E-state index contributed by atoms with van der Waals surface area (Å²) < 4.78 is 5.42. The van der Waals surface area contributed by atoms with Crippen LogP contribution < -0.4 is 5.73 Å². The van der Waals surface area contributed by atoms with Crippen molar-refractivity contribution in [3.8, 4) is 0 Å². The lowest BCUT2D eigenvalue weighted by Crippen LogP contribution is -2.48. The average molecular weight is 232 g/mol. The SMILES string of the molecule is NC(c1ncco1)C1C2CC3CC(C2)CC1C3. The maximum absolute atomic E-state index is 6.41. The molecule has 0 spiro atoms. The fraction of sp³-hybridized carbons (Fsp3) is 0.786. The maximum Gasteiger partial charge on any atom is 0.211 e. The van der Waals surface area contributed by atoms with Crippen molar-refractivity contribution in [3.05, 3.63) is 18.4 Å². The van der Waals surface area contributed by atoms with E-state index >= 15 is 0 Å². The van der Waals surface area contributed by atoms with E-state index in [2.05, 4.69) is 4.98 Å².